The van der Waals surface area contributed by atoms with E-state index in [0.29, 0.717) is 23.8 Å². The van der Waals surface area contributed by atoms with Crippen LogP contribution in [0.2, 0.25) is 0 Å². The number of likely N-dealkylation sites (tertiary alicyclic amines) is 1. The number of carbonyl (C=O) groups excluding carboxylic acids is 2. The summed E-state index contributed by atoms with van der Waals surface area (Å²) >= 11 is 0. The first-order valence-electron chi connectivity index (χ1n) is 8.07. The van der Waals surface area contributed by atoms with E-state index in [2.05, 4.69) is 27.2 Å². The van der Waals surface area contributed by atoms with Crippen LogP contribution in [0.25, 0.3) is 0 Å². The van der Waals surface area contributed by atoms with Crippen molar-refractivity contribution >= 4 is 17.7 Å². The predicted octanol–water partition coefficient (Wildman–Crippen LogP) is 2.47. The van der Waals surface area contributed by atoms with E-state index in [1.165, 1.54) is 26.4 Å². The van der Waals surface area contributed by atoms with Crippen LogP contribution in [-0.2, 0) is 4.74 Å². The molecule has 1 heterocycles. The van der Waals surface area contributed by atoms with Crippen molar-refractivity contribution in [1.82, 2.24) is 10.2 Å². The molecular formula is C17H25N3O3. The molecule has 126 valence electrons. The molecule has 0 radical (unpaired) electrons. The van der Waals surface area contributed by atoms with Gasteiger partial charge in [-0.1, -0.05) is 12.5 Å². The number of nitrogens with one attached hydrogen (secondary N) is 2. The zero-order valence-corrected chi connectivity index (χ0v) is 13.8. The van der Waals surface area contributed by atoms with Gasteiger partial charge in [-0.15, -0.1) is 0 Å². The summed E-state index contributed by atoms with van der Waals surface area (Å²) in [5, 5.41) is 5.59. The zero-order valence-electron chi connectivity index (χ0n) is 13.8. The first-order valence-corrected chi connectivity index (χ1v) is 8.07. The molecule has 6 nitrogen and oxygen atoms in total. The van der Waals surface area contributed by atoms with Crippen LogP contribution in [0.1, 0.15) is 36.5 Å². The number of ether oxygens (including phenoxy) is 1. The first-order chi connectivity index (χ1) is 11.1. The van der Waals surface area contributed by atoms with Crippen LogP contribution in [0.5, 0.6) is 0 Å². The Morgan fingerprint density at radius 1 is 1.35 bits per heavy atom. The highest BCUT2D eigenvalue weighted by Crippen LogP contribution is 2.15. The fraction of sp³-hybridized carbons (Fsp3) is 0.529. The minimum atomic E-state index is -0.423. The van der Waals surface area contributed by atoms with E-state index < -0.39 is 5.97 Å². The number of methoxy groups -OCH3 is 1. The van der Waals surface area contributed by atoms with E-state index in [0.717, 1.165) is 13.1 Å². The van der Waals surface area contributed by atoms with Gasteiger partial charge in [0.2, 0.25) is 0 Å². The SMILES string of the molecule is COC(=O)c1cccc(NC(=O)NCCN2CCCC[C@@H]2C)c1. The molecule has 1 atom stereocenters. The summed E-state index contributed by atoms with van der Waals surface area (Å²) in [5.74, 6) is -0.423. The van der Waals surface area contributed by atoms with Gasteiger partial charge in [0, 0.05) is 24.8 Å². The Hall–Kier alpha value is -2.08. The van der Waals surface area contributed by atoms with Crippen molar-refractivity contribution in [3.63, 3.8) is 0 Å². The Balaban J connectivity index is 1.77. The molecule has 0 unspecified atom stereocenters. The van der Waals surface area contributed by atoms with Gasteiger partial charge in [-0.05, 0) is 44.5 Å². The molecule has 2 rings (SSSR count). The highest BCUT2D eigenvalue weighted by Gasteiger charge is 2.17. The predicted molar refractivity (Wildman–Crippen MR) is 89.7 cm³/mol. The quantitative estimate of drug-likeness (QED) is 0.818. The number of amides is 2. The average Bonchev–Trinajstić information content (AvgIpc) is 2.56. The third-order valence-corrected chi connectivity index (χ3v) is 4.17. The highest BCUT2D eigenvalue weighted by molar-refractivity contribution is 5.93. The number of carbonyl (C=O) groups is 2. The largest absolute Gasteiger partial charge is 0.465 e. The number of hydrogen-bond donors (Lipinski definition) is 2. The Morgan fingerprint density at radius 3 is 2.91 bits per heavy atom. The lowest BCUT2D eigenvalue weighted by molar-refractivity contribution is 0.0600. The molecule has 0 aromatic heterocycles. The molecule has 1 fully saturated rings. The van der Waals surface area contributed by atoms with Crippen molar-refractivity contribution in [2.45, 2.75) is 32.2 Å². The summed E-state index contributed by atoms with van der Waals surface area (Å²) in [6.45, 7) is 4.80. The topological polar surface area (TPSA) is 70.7 Å². The van der Waals surface area contributed by atoms with Crippen LogP contribution < -0.4 is 10.6 Å². The molecule has 0 aliphatic carbocycles. The number of rotatable bonds is 5. The van der Waals surface area contributed by atoms with E-state index in [1.54, 1.807) is 24.3 Å². The molecule has 0 spiro atoms. The second-order valence-electron chi connectivity index (χ2n) is 5.83. The Kier molecular flexibility index (Phi) is 6.40. The van der Waals surface area contributed by atoms with Crippen LogP contribution in [0.15, 0.2) is 24.3 Å². The second kappa shape index (κ2) is 8.53. The van der Waals surface area contributed by atoms with Gasteiger partial charge in [0.05, 0.1) is 12.7 Å². The number of anilines is 1. The molecule has 1 aliphatic rings. The molecule has 23 heavy (non-hydrogen) atoms. The van der Waals surface area contributed by atoms with E-state index in [-0.39, 0.29) is 6.03 Å². The van der Waals surface area contributed by atoms with Crippen LogP contribution in [0.3, 0.4) is 0 Å². The fourth-order valence-corrected chi connectivity index (χ4v) is 2.82. The van der Waals surface area contributed by atoms with Gasteiger partial charge in [-0.2, -0.15) is 0 Å². The van der Waals surface area contributed by atoms with Crippen molar-refractivity contribution in [3.05, 3.63) is 29.8 Å². The number of piperidine rings is 1. The molecular weight excluding hydrogens is 294 g/mol. The minimum Gasteiger partial charge on any atom is -0.465 e. The van der Waals surface area contributed by atoms with Gasteiger partial charge in [0.1, 0.15) is 0 Å². The van der Waals surface area contributed by atoms with Gasteiger partial charge >= 0.3 is 12.0 Å². The molecule has 0 bridgehead atoms. The summed E-state index contributed by atoms with van der Waals surface area (Å²) < 4.78 is 4.67. The molecule has 1 saturated heterocycles. The van der Waals surface area contributed by atoms with Crippen molar-refractivity contribution in [1.29, 1.82) is 0 Å². The van der Waals surface area contributed by atoms with Crippen LogP contribution in [0, 0.1) is 0 Å². The molecule has 0 saturated carbocycles. The van der Waals surface area contributed by atoms with Gasteiger partial charge in [0.15, 0.2) is 0 Å². The van der Waals surface area contributed by atoms with E-state index in [9.17, 15) is 9.59 Å². The molecule has 2 N–H and O–H groups in total. The third-order valence-electron chi connectivity index (χ3n) is 4.17. The fourth-order valence-electron chi connectivity index (χ4n) is 2.82. The maximum Gasteiger partial charge on any atom is 0.337 e. The summed E-state index contributed by atoms with van der Waals surface area (Å²) in [7, 11) is 1.33. The summed E-state index contributed by atoms with van der Waals surface area (Å²) in [6, 6.07) is 7.00. The van der Waals surface area contributed by atoms with Crippen LogP contribution in [0.4, 0.5) is 10.5 Å². The molecule has 2 amide bonds. The second-order valence-corrected chi connectivity index (χ2v) is 5.83. The van der Waals surface area contributed by atoms with Crippen LogP contribution >= 0.6 is 0 Å². The van der Waals surface area contributed by atoms with Gasteiger partial charge < -0.3 is 15.4 Å². The normalized spacial score (nSPS) is 18.3. The molecule has 1 aromatic carbocycles. The number of esters is 1. The van der Waals surface area contributed by atoms with Gasteiger partial charge in [0.25, 0.3) is 0 Å². The van der Waals surface area contributed by atoms with Crippen LogP contribution in [-0.4, -0.2) is 49.7 Å². The summed E-state index contributed by atoms with van der Waals surface area (Å²) in [6.07, 6.45) is 3.76. The third kappa shape index (κ3) is 5.25. The molecule has 1 aliphatic heterocycles. The Bertz CT molecular complexity index is 548. The maximum absolute atomic E-state index is 11.9. The van der Waals surface area contributed by atoms with Gasteiger partial charge in [-0.25, -0.2) is 9.59 Å². The summed E-state index contributed by atoms with van der Waals surface area (Å²) in [5.41, 5.74) is 0.976. The number of urea groups is 1. The number of benzene rings is 1. The lowest BCUT2D eigenvalue weighted by Gasteiger charge is -2.33. The lowest BCUT2D eigenvalue weighted by atomic mass is 10.0. The van der Waals surface area contributed by atoms with Gasteiger partial charge in [-0.3, -0.25) is 4.90 Å². The molecule has 6 heteroatoms. The highest BCUT2D eigenvalue weighted by atomic mass is 16.5. The Morgan fingerprint density at radius 2 is 2.17 bits per heavy atom. The monoisotopic (exact) mass is 319 g/mol. The number of hydrogen-bond acceptors (Lipinski definition) is 4. The summed E-state index contributed by atoms with van der Waals surface area (Å²) in [4.78, 5) is 25.8. The number of nitrogens with zero attached hydrogens (tertiary/aromatic N) is 1. The first kappa shape index (κ1) is 17.3. The van der Waals surface area contributed by atoms with Crippen molar-refractivity contribution in [2.75, 3.05) is 32.1 Å². The smallest absolute Gasteiger partial charge is 0.337 e. The maximum atomic E-state index is 11.9. The van der Waals surface area contributed by atoms with E-state index >= 15 is 0 Å². The van der Waals surface area contributed by atoms with Crippen molar-refractivity contribution in [3.8, 4) is 0 Å². The standard InChI is InChI=1S/C17H25N3O3/c1-13-6-3-4-10-20(13)11-9-18-17(22)19-15-8-5-7-14(12-15)16(21)23-2/h5,7-8,12-13H,3-4,6,9-11H2,1-2H3,(H2,18,19,22)/t13-/m0/s1. The minimum absolute atomic E-state index is 0.267. The van der Waals surface area contributed by atoms with Crippen molar-refractivity contribution in [2.24, 2.45) is 0 Å². The van der Waals surface area contributed by atoms with E-state index in [1.807, 2.05) is 0 Å². The zero-order chi connectivity index (χ0) is 16.7. The average molecular weight is 319 g/mol. The molecule has 1 aromatic rings. The lowest BCUT2D eigenvalue weighted by Crippen LogP contribution is -2.43. The van der Waals surface area contributed by atoms with Crippen molar-refractivity contribution < 1.29 is 14.3 Å². The van der Waals surface area contributed by atoms with E-state index in [4.69, 9.17) is 0 Å². The Labute approximate surface area is 137 Å².